The molecule has 0 spiro atoms. The third kappa shape index (κ3) is 5.39. The molecule has 2 heterocycles. The lowest BCUT2D eigenvalue weighted by Gasteiger charge is -2.32. The molecule has 2 aliphatic rings. The van der Waals surface area contributed by atoms with Crippen LogP contribution in [0.2, 0.25) is 0 Å². The number of carbonyl (C=O) groups is 2. The van der Waals surface area contributed by atoms with Crippen LogP contribution in [0.25, 0.3) is 0 Å². The number of amidine groups is 1. The van der Waals surface area contributed by atoms with Gasteiger partial charge in [0, 0.05) is 18.6 Å². The molecule has 3 amide bonds. The molecule has 2 atom stereocenters. The predicted molar refractivity (Wildman–Crippen MR) is 137 cm³/mol. The number of imide groups is 1. The molecule has 36 heavy (non-hydrogen) atoms. The van der Waals surface area contributed by atoms with Gasteiger partial charge in [-0.05, 0) is 42.0 Å². The lowest BCUT2D eigenvalue weighted by Crippen LogP contribution is -2.62. The van der Waals surface area contributed by atoms with Crippen molar-refractivity contribution in [3.8, 4) is 11.5 Å². The largest absolute Gasteiger partial charge is 0.497 e. The Morgan fingerprint density at radius 3 is 2.47 bits per heavy atom. The molecule has 0 saturated carbocycles. The first-order valence-electron chi connectivity index (χ1n) is 11.1. The monoisotopic (exact) mass is 557 g/mol. The van der Waals surface area contributed by atoms with E-state index in [0.29, 0.717) is 11.5 Å². The Hall–Kier alpha value is -3.77. The van der Waals surface area contributed by atoms with E-state index in [0.717, 1.165) is 14.9 Å². The average molecular weight is 558 g/mol. The first-order chi connectivity index (χ1) is 17.3. The molecular formula is C24H26BrN6O5+. The van der Waals surface area contributed by atoms with Crippen LogP contribution in [0.4, 0.5) is 4.79 Å². The van der Waals surface area contributed by atoms with Gasteiger partial charge in [0.1, 0.15) is 24.2 Å². The standard InChI is InChI=1S/C24H25BrN6O5/c1-29-21-20(22(33)30(2)24(29)34)31(13-17(32)14-36-19-10-8-18(35-3)9-11-19)23(27-21)28-26-12-15-4-6-16(25)7-5-15/h4-12,17,20,32H,13-14H2,1-3H3/p+1/b26-12+. The van der Waals surface area contributed by atoms with Crippen molar-refractivity contribution in [2.24, 2.45) is 10.1 Å². The number of nitrogens with one attached hydrogen (secondary N) is 1. The summed E-state index contributed by atoms with van der Waals surface area (Å²) in [5.74, 6) is 1.29. The number of aliphatic imine (C=N–C) groups is 1. The van der Waals surface area contributed by atoms with Crippen molar-refractivity contribution < 1.29 is 28.7 Å². The van der Waals surface area contributed by atoms with E-state index in [4.69, 9.17) is 9.47 Å². The minimum absolute atomic E-state index is 0.00552. The number of hydrogen-bond acceptors (Lipinski definition) is 8. The second-order valence-electron chi connectivity index (χ2n) is 8.15. The van der Waals surface area contributed by atoms with Crippen LogP contribution in [-0.2, 0) is 4.79 Å². The Labute approximate surface area is 216 Å². The van der Waals surface area contributed by atoms with Crippen molar-refractivity contribution in [3.63, 3.8) is 0 Å². The lowest BCUT2D eigenvalue weighted by atomic mass is 10.1. The van der Waals surface area contributed by atoms with E-state index in [9.17, 15) is 14.7 Å². The van der Waals surface area contributed by atoms with Crippen molar-refractivity contribution in [2.45, 2.75) is 12.1 Å². The number of aliphatic hydroxyl groups is 1. The number of amides is 3. The van der Waals surface area contributed by atoms with Crippen LogP contribution >= 0.6 is 15.9 Å². The second-order valence-corrected chi connectivity index (χ2v) is 9.06. The molecule has 12 heteroatoms. The number of nitrogens with zero attached hydrogens (tertiary/aromatic N) is 5. The SMILES string of the molecule is COc1ccc(OCC(O)C[N+]2=C(N/N=C/c3ccc(Br)cc3)N=C3C2C(=O)N(C)C(=O)N3C)cc1. The van der Waals surface area contributed by atoms with Gasteiger partial charge in [-0.3, -0.25) is 14.6 Å². The van der Waals surface area contributed by atoms with Crippen molar-refractivity contribution >= 4 is 45.9 Å². The maximum Gasteiger partial charge on any atom is 0.414 e. The number of urea groups is 1. The molecule has 0 bridgehead atoms. The maximum absolute atomic E-state index is 13.0. The molecule has 11 nitrogen and oxygen atoms in total. The smallest absolute Gasteiger partial charge is 0.414 e. The molecule has 0 radical (unpaired) electrons. The average Bonchev–Trinajstić information content (AvgIpc) is 3.24. The Kier molecular flexibility index (Phi) is 7.65. The van der Waals surface area contributed by atoms with Gasteiger partial charge in [-0.2, -0.15) is 5.43 Å². The number of ether oxygens (including phenoxy) is 2. The molecule has 2 unspecified atom stereocenters. The number of rotatable bonds is 8. The number of methoxy groups -OCH3 is 1. The number of β-amino-alcohol motifs (C(OH)–C–C–N with tert-alkyl or cyclic N) is 1. The van der Waals surface area contributed by atoms with Gasteiger partial charge in [0.05, 0.1) is 19.9 Å². The number of guanidine groups is 1. The van der Waals surface area contributed by atoms with Gasteiger partial charge in [-0.15, -0.1) is 5.10 Å². The highest BCUT2D eigenvalue weighted by atomic mass is 79.9. The Morgan fingerprint density at radius 1 is 1.14 bits per heavy atom. The van der Waals surface area contributed by atoms with Gasteiger partial charge in [0.2, 0.25) is 11.9 Å². The van der Waals surface area contributed by atoms with Gasteiger partial charge < -0.3 is 14.6 Å². The van der Waals surface area contributed by atoms with Crippen LogP contribution in [0.3, 0.4) is 0 Å². The summed E-state index contributed by atoms with van der Waals surface area (Å²) in [5.41, 5.74) is 3.70. The molecular weight excluding hydrogens is 532 g/mol. The molecule has 1 saturated heterocycles. The molecule has 4 rings (SSSR count). The van der Waals surface area contributed by atoms with Crippen LogP contribution in [0.15, 0.2) is 63.1 Å². The van der Waals surface area contributed by atoms with Crippen LogP contribution in [0.5, 0.6) is 11.5 Å². The Morgan fingerprint density at radius 2 is 1.81 bits per heavy atom. The first kappa shape index (κ1) is 25.3. The number of likely N-dealkylation sites (N-methyl/N-ethyl adjacent to an activating group) is 2. The highest BCUT2D eigenvalue weighted by molar-refractivity contribution is 9.10. The number of carbonyl (C=O) groups excluding carboxylic acids is 2. The van der Waals surface area contributed by atoms with Crippen molar-refractivity contribution in [1.29, 1.82) is 0 Å². The van der Waals surface area contributed by atoms with E-state index in [1.165, 1.54) is 11.9 Å². The second kappa shape index (κ2) is 10.9. The summed E-state index contributed by atoms with van der Waals surface area (Å²) in [6, 6.07) is 13.1. The van der Waals surface area contributed by atoms with Crippen LogP contribution < -0.4 is 14.9 Å². The van der Waals surface area contributed by atoms with Gasteiger partial charge in [-0.25, -0.2) is 9.37 Å². The van der Waals surface area contributed by atoms with Crippen molar-refractivity contribution in [1.82, 2.24) is 15.2 Å². The van der Waals surface area contributed by atoms with E-state index in [-0.39, 0.29) is 24.9 Å². The third-order valence-electron chi connectivity index (χ3n) is 5.69. The Bertz CT molecular complexity index is 1230. The molecule has 2 aromatic carbocycles. The minimum atomic E-state index is -0.977. The minimum Gasteiger partial charge on any atom is -0.497 e. The number of fused-ring (bicyclic) bond motifs is 1. The normalized spacial score (nSPS) is 18.5. The quantitative estimate of drug-likeness (QED) is 0.288. The summed E-state index contributed by atoms with van der Waals surface area (Å²) in [5, 5.41) is 15.0. The lowest BCUT2D eigenvalue weighted by molar-refractivity contribution is -0.545. The fraction of sp³-hybridized carbons (Fsp3) is 0.292. The molecule has 0 aliphatic carbocycles. The van der Waals surface area contributed by atoms with Gasteiger partial charge in [-0.1, -0.05) is 33.1 Å². The van der Waals surface area contributed by atoms with Crippen molar-refractivity contribution in [2.75, 3.05) is 34.4 Å². The summed E-state index contributed by atoms with van der Waals surface area (Å²) in [4.78, 5) is 32.3. The van der Waals surface area contributed by atoms with Crippen LogP contribution in [-0.4, -0.2) is 95.9 Å². The number of aliphatic hydroxyl groups excluding tert-OH is 1. The van der Waals surface area contributed by atoms with E-state index in [1.54, 1.807) is 49.2 Å². The zero-order valence-electron chi connectivity index (χ0n) is 20.0. The molecule has 2 N–H and O–H groups in total. The fourth-order valence-electron chi connectivity index (χ4n) is 3.74. The zero-order valence-corrected chi connectivity index (χ0v) is 21.5. The summed E-state index contributed by atoms with van der Waals surface area (Å²) in [6.07, 6.45) is 0.626. The Balaban J connectivity index is 1.53. The molecule has 1 fully saturated rings. The fourth-order valence-corrected chi connectivity index (χ4v) is 4.00. The molecule has 0 aromatic heterocycles. The topological polar surface area (TPSA) is 119 Å². The summed E-state index contributed by atoms with van der Waals surface area (Å²) < 4.78 is 13.4. The van der Waals surface area contributed by atoms with Crippen molar-refractivity contribution in [3.05, 3.63) is 58.6 Å². The van der Waals surface area contributed by atoms with E-state index in [2.05, 4.69) is 31.4 Å². The predicted octanol–water partition coefficient (Wildman–Crippen LogP) is 1.49. The number of halogens is 1. The molecule has 2 aliphatic heterocycles. The maximum atomic E-state index is 13.0. The van der Waals surface area contributed by atoms with E-state index >= 15 is 0 Å². The van der Waals surface area contributed by atoms with Gasteiger partial charge in [0.25, 0.3) is 5.91 Å². The number of hydrogen-bond donors (Lipinski definition) is 2. The molecule has 2 aromatic rings. The summed E-state index contributed by atoms with van der Waals surface area (Å²) in [7, 11) is 4.54. The van der Waals surface area contributed by atoms with E-state index < -0.39 is 24.1 Å². The first-order valence-corrected chi connectivity index (χ1v) is 11.8. The van der Waals surface area contributed by atoms with Crippen LogP contribution in [0.1, 0.15) is 5.56 Å². The number of benzene rings is 2. The highest BCUT2D eigenvalue weighted by Gasteiger charge is 2.51. The number of hydrazone groups is 1. The molecule has 188 valence electrons. The third-order valence-corrected chi connectivity index (χ3v) is 6.22. The highest BCUT2D eigenvalue weighted by Crippen LogP contribution is 2.20. The summed E-state index contributed by atoms with van der Waals surface area (Å²) >= 11 is 3.39. The van der Waals surface area contributed by atoms with E-state index in [1.807, 2.05) is 24.3 Å². The summed E-state index contributed by atoms with van der Waals surface area (Å²) in [6.45, 7) is -0.0231. The zero-order chi connectivity index (χ0) is 25.8. The van der Waals surface area contributed by atoms with Gasteiger partial charge in [0.15, 0.2) is 0 Å². The van der Waals surface area contributed by atoms with Crippen LogP contribution in [0, 0.1) is 0 Å². The van der Waals surface area contributed by atoms with Gasteiger partial charge >= 0.3 is 12.0 Å².